The Kier molecular flexibility index (Phi) is 11.3. The van der Waals surface area contributed by atoms with E-state index in [1.165, 1.54) is 4.90 Å². The molecule has 4 amide bonds. The zero-order chi connectivity index (χ0) is 29.5. The van der Waals surface area contributed by atoms with Crippen LogP contribution in [0.5, 0.6) is 5.75 Å². The van der Waals surface area contributed by atoms with Gasteiger partial charge in [0.25, 0.3) is 11.8 Å². The molecule has 0 bridgehead atoms. The molecule has 39 heavy (non-hydrogen) atoms. The second-order valence-electron chi connectivity index (χ2n) is 12.0. The van der Waals surface area contributed by atoms with Gasteiger partial charge in [0.2, 0.25) is 11.8 Å². The van der Waals surface area contributed by atoms with Crippen molar-refractivity contribution in [3.8, 4) is 5.75 Å². The maximum absolute atomic E-state index is 13.8. The number of aliphatic hydroxyl groups excluding tert-OH is 1. The van der Waals surface area contributed by atoms with Crippen LogP contribution in [0, 0.1) is 5.92 Å². The van der Waals surface area contributed by atoms with Crippen LogP contribution in [0.3, 0.4) is 0 Å². The second-order valence-corrected chi connectivity index (χ2v) is 12.0. The van der Waals surface area contributed by atoms with Crippen LogP contribution in [-0.4, -0.2) is 88.5 Å². The number of carbonyl (C=O) groups is 4. The molecule has 0 aromatic heterocycles. The summed E-state index contributed by atoms with van der Waals surface area (Å²) >= 11 is 0. The minimum atomic E-state index is -0.901. The Bertz CT molecular complexity index is 1020. The van der Waals surface area contributed by atoms with Gasteiger partial charge in [-0.3, -0.25) is 19.2 Å². The van der Waals surface area contributed by atoms with Gasteiger partial charge in [-0.25, -0.2) is 0 Å². The summed E-state index contributed by atoms with van der Waals surface area (Å²) in [5.74, 6) is -0.988. The Morgan fingerprint density at radius 1 is 1.10 bits per heavy atom. The van der Waals surface area contributed by atoms with Crippen molar-refractivity contribution in [3.63, 3.8) is 0 Å². The first-order valence-corrected chi connectivity index (χ1v) is 13.7. The number of aliphatic hydroxyl groups is 1. The van der Waals surface area contributed by atoms with Gasteiger partial charge in [-0.1, -0.05) is 26.0 Å². The predicted molar refractivity (Wildman–Crippen MR) is 149 cm³/mol. The molecule has 0 saturated carbocycles. The smallest absolute Gasteiger partial charge is 0.258 e. The van der Waals surface area contributed by atoms with Crippen LogP contribution in [0.4, 0.5) is 0 Å². The van der Waals surface area contributed by atoms with E-state index in [0.29, 0.717) is 12.8 Å². The van der Waals surface area contributed by atoms with Crippen LogP contribution in [0.1, 0.15) is 78.1 Å². The van der Waals surface area contributed by atoms with Gasteiger partial charge in [-0.2, -0.15) is 0 Å². The Labute approximate surface area is 232 Å². The number of likely N-dealkylation sites (N-methyl/N-ethyl adjacent to an activating group) is 1. The van der Waals surface area contributed by atoms with Gasteiger partial charge in [0.05, 0.1) is 11.7 Å². The van der Waals surface area contributed by atoms with Crippen LogP contribution >= 0.6 is 0 Å². The van der Waals surface area contributed by atoms with Crippen molar-refractivity contribution in [2.75, 3.05) is 20.2 Å². The minimum Gasteiger partial charge on any atom is -0.483 e. The van der Waals surface area contributed by atoms with Crippen LogP contribution < -0.4 is 15.4 Å². The molecule has 0 aliphatic carbocycles. The molecule has 1 aromatic rings. The van der Waals surface area contributed by atoms with E-state index in [-0.39, 0.29) is 54.7 Å². The fraction of sp³-hybridized carbons (Fsp3) is 0.655. The third-order valence-electron chi connectivity index (χ3n) is 6.61. The Morgan fingerprint density at radius 3 is 2.33 bits per heavy atom. The Morgan fingerprint density at radius 2 is 1.74 bits per heavy atom. The molecule has 1 saturated heterocycles. The molecule has 3 N–H and O–H groups in total. The first-order chi connectivity index (χ1) is 18.1. The fourth-order valence-electron chi connectivity index (χ4n) is 4.35. The van der Waals surface area contributed by atoms with Crippen molar-refractivity contribution in [3.05, 3.63) is 29.8 Å². The van der Waals surface area contributed by atoms with Gasteiger partial charge >= 0.3 is 0 Å². The quantitative estimate of drug-likeness (QED) is 0.391. The molecule has 0 radical (unpaired) electrons. The van der Waals surface area contributed by atoms with Crippen LogP contribution in [-0.2, 0) is 14.4 Å². The molecular formula is C29H46N4O6. The number of hydrogen-bond donors (Lipinski definition) is 3. The maximum Gasteiger partial charge on any atom is 0.258 e. The summed E-state index contributed by atoms with van der Waals surface area (Å²) in [6.45, 7) is 13.2. The summed E-state index contributed by atoms with van der Waals surface area (Å²) in [7, 11) is 1.68. The number of carbonyl (C=O) groups excluding carboxylic acids is 4. The summed E-state index contributed by atoms with van der Waals surface area (Å²) in [4.78, 5) is 55.5. The Hall–Kier alpha value is -3.14. The van der Waals surface area contributed by atoms with E-state index < -0.39 is 35.5 Å². The van der Waals surface area contributed by atoms with Crippen molar-refractivity contribution in [1.29, 1.82) is 0 Å². The lowest BCUT2D eigenvalue weighted by molar-refractivity contribution is -0.145. The normalized spacial score (nSPS) is 18.2. The lowest BCUT2D eigenvalue weighted by Gasteiger charge is -2.32. The van der Waals surface area contributed by atoms with E-state index in [2.05, 4.69) is 10.6 Å². The van der Waals surface area contributed by atoms with Gasteiger partial charge in [0, 0.05) is 31.6 Å². The highest BCUT2D eigenvalue weighted by Crippen LogP contribution is 2.24. The highest BCUT2D eigenvalue weighted by molar-refractivity contribution is 6.00. The van der Waals surface area contributed by atoms with E-state index >= 15 is 0 Å². The van der Waals surface area contributed by atoms with Crippen molar-refractivity contribution in [2.24, 2.45) is 5.92 Å². The average molecular weight is 547 g/mol. The molecule has 1 heterocycles. The molecule has 0 unspecified atom stereocenters. The molecule has 1 fully saturated rings. The molecule has 1 aliphatic heterocycles. The number of rotatable bonds is 11. The number of amides is 4. The summed E-state index contributed by atoms with van der Waals surface area (Å²) in [6, 6.07) is 4.78. The number of ether oxygens (including phenoxy) is 1. The topological polar surface area (TPSA) is 128 Å². The molecule has 3 atom stereocenters. The molecule has 10 nitrogen and oxygen atoms in total. The zero-order valence-electron chi connectivity index (χ0n) is 24.6. The summed E-state index contributed by atoms with van der Waals surface area (Å²) in [5, 5.41) is 16.0. The number of hydrogen-bond acceptors (Lipinski definition) is 6. The fourth-order valence-corrected chi connectivity index (χ4v) is 4.35. The number of nitrogens with zero attached hydrogens (tertiary/aromatic N) is 2. The predicted octanol–water partition coefficient (Wildman–Crippen LogP) is 2.34. The van der Waals surface area contributed by atoms with Crippen LogP contribution in [0.25, 0.3) is 0 Å². The number of benzene rings is 1. The van der Waals surface area contributed by atoms with Crippen molar-refractivity contribution in [2.45, 2.75) is 97.5 Å². The number of likely N-dealkylation sites (tertiary alicyclic amines) is 1. The van der Waals surface area contributed by atoms with Crippen molar-refractivity contribution >= 4 is 23.6 Å². The monoisotopic (exact) mass is 546 g/mol. The maximum atomic E-state index is 13.8. The van der Waals surface area contributed by atoms with Crippen molar-refractivity contribution in [1.82, 2.24) is 20.4 Å². The van der Waals surface area contributed by atoms with Gasteiger partial charge in [-0.05, 0) is 65.5 Å². The van der Waals surface area contributed by atoms with Crippen LogP contribution in [0.2, 0.25) is 0 Å². The number of β-amino-alcohol motifs (C(OH)–C–C–N with tert-alkyl or cyclic N) is 1. The molecule has 10 heteroatoms. The lowest BCUT2D eigenvalue weighted by Crippen LogP contribution is -2.54. The second kappa shape index (κ2) is 13.8. The zero-order valence-corrected chi connectivity index (χ0v) is 24.6. The molecule has 1 aliphatic rings. The van der Waals surface area contributed by atoms with E-state index in [1.807, 2.05) is 48.5 Å². The van der Waals surface area contributed by atoms with Gasteiger partial charge in [0.1, 0.15) is 17.8 Å². The van der Waals surface area contributed by atoms with E-state index in [0.717, 1.165) is 0 Å². The minimum absolute atomic E-state index is 0.0256. The molecular weight excluding hydrogens is 500 g/mol. The molecule has 1 aromatic carbocycles. The standard InChI is InChI=1S/C29H46N4O6/c1-18(2)13-14-22(27(37)33-16-20(34)15-23(33)28(38)32(8)19(3)4)30-26(36)21-11-9-10-12-24(21)39-17-25(35)31-29(5,6)7/h9-12,18-20,22-23,34H,13-17H2,1-8H3,(H,30,36)(H,31,35)/t20-,22+,23+/m0/s1. The number of para-hydroxylation sites is 1. The van der Waals surface area contributed by atoms with Gasteiger partial charge in [0.15, 0.2) is 6.61 Å². The van der Waals surface area contributed by atoms with Crippen molar-refractivity contribution < 1.29 is 29.0 Å². The molecule has 218 valence electrons. The summed E-state index contributed by atoms with van der Waals surface area (Å²) in [5.41, 5.74) is -0.231. The highest BCUT2D eigenvalue weighted by atomic mass is 16.5. The number of nitrogens with one attached hydrogen (secondary N) is 2. The first-order valence-electron chi connectivity index (χ1n) is 13.7. The van der Waals surface area contributed by atoms with Crippen LogP contribution in [0.15, 0.2) is 24.3 Å². The van der Waals surface area contributed by atoms with Gasteiger partial charge < -0.3 is 30.3 Å². The molecule has 2 rings (SSSR count). The highest BCUT2D eigenvalue weighted by Gasteiger charge is 2.42. The summed E-state index contributed by atoms with van der Waals surface area (Å²) < 4.78 is 5.67. The first kappa shape index (κ1) is 32.1. The largest absolute Gasteiger partial charge is 0.483 e. The van der Waals surface area contributed by atoms with Gasteiger partial charge in [-0.15, -0.1) is 0 Å². The van der Waals surface area contributed by atoms with E-state index in [1.54, 1.807) is 36.2 Å². The third kappa shape index (κ3) is 9.53. The average Bonchev–Trinajstić information content (AvgIpc) is 3.24. The molecule has 0 spiro atoms. The van der Waals surface area contributed by atoms with E-state index in [9.17, 15) is 24.3 Å². The van der Waals surface area contributed by atoms with E-state index in [4.69, 9.17) is 4.74 Å². The lowest BCUT2D eigenvalue weighted by atomic mass is 10.0. The summed E-state index contributed by atoms with van der Waals surface area (Å²) in [6.07, 6.45) is 0.369. The third-order valence-corrected chi connectivity index (χ3v) is 6.61. The Balaban J connectivity index is 2.24. The SMILES string of the molecule is CC(C)CC[C@@H](NC(=O)c1ccccc1OCC(=O)NC(C)(C)C)C(=O)N1C[C@@H](O)C[C@@H]1C(=O)N(C)C(C)C.